The number of likely N-dealkylation sites (tertiary alicyclic amines) is 1. The van der Waals surface area contributed by atoms with Crippen LogP contribution in [0.2, 0.25) is 0 Å². The van der Waals surface area contributed by atoms with Crippen LogP contribution in [0.4, 0.5) is 5.13 Å². The van der Waals surface area contributed by atoms with E-state index in [-0.39, 0.29) is 24.2 Å². The number of rotatable bonds is 8. The third kappa shape index (κ3) is 4.50. The molecular formula is C20H24N4O4S. The normalized spacial score (nSPS) is 18.8. The predicted octanol–water partition coefficient (Wildman–Crippen LogP) is 2.46. The minimum Gasteiger partial charge on any atom is -0.493 e. The summed E-state index contributed by atoms with van der Waals surface area (Å²) in [5.74, 6) is 1.33. The number of nitrogens with zero attached hydrogens (tertiary/aromatic N) is 3. The van der Waals surface area contributed by atoms with Crippen LogP contribution in [0.25, 0.3) is 0 Å². The highest BCUT2D eigenvalue weighted by Gasteiger charge is 2.35. The van der Waals surface area contributed by atoms with Gasteiger partial charge in [-0.2, -0.15) is 0 Å². The summed E-state index contributed by atoms with van der Waals surface area (Å²) >= 11 is 1.43. The molecule has 2 amide bonds. The monoisotopic (exact) mass is 416 g/mol. The minimum atomic E-state index is -0.360. The summed E-state index contributed by atoms with van der Waals surface area (Å²) in [5.41, 5.74) is 1.05. The first-order valence-corrected chi connectivity index (χ1v) is 10.5. The number of carbonyl (C=O) groups excluding carboxylic acids is 2. The van der Waals surface area contributed by atoms with Crippen LogP contribution >= 0.6 is 11.3 Å². The Bertz CT molecular complexity index is 912. The molecule has 4 rings (SSSR count). The van der Waals surface area contributed by atoms with Gasteiger partial charge in [0.05, 0.1) is 20.1 Å². The first kappa shape index (κ1) is 19.6. The molecule has 0 spiro atoms. The highest BCUT2D eigenvalue weighted by atomic mass is 32.1. The third-order valence-electron chi connectivity index (χ3n) is 5.30. The molecule has 1 aromatic heterocycles. The summed E-state index contributed by atoms with van der Waals surface area (Å²) in [7, 11) is 3.19. The van der Waals surface area contributed by atoms with Crippen LogP contribution in [0.3, 0.4) is 0 Å². The van der Waals surface area contributed by atoms with Gasteiger partial charge in [-0.15, -0.1) is 10.2 Å². The van der Waals surface area contributed by atoms with Crippen LogP contribution < -0.4 is 14.8 Å². The Morgan fingerprint density at radius 3 is 2.76 bits per heavy atom. The van der Waals surface area contributed by atoms with Gasteiger partial charge in [0, 0.05) is 25.4 Å². The Morgan fingerprint density at radius 1 is 1.24 bits per heavy atom. The molecular weight excluding hydrogens is 392 g/mol. The van der Waals surface area contributed by atoms with Gasteiger partial charge in [-0.25, -0.2) is 0 Å². The SMILES string of the molecule is COc1ccc(CCN2C[C@H](C(=O)Nc3nnc(C4CC4)s3)CC2=O)cc1OC. The zero-order valence-electron chi connectivity index (χ0n) is 16.5. The molecule has 1 atom stereocenters. The van der Waals surface area contributed by atoms with Crippen LogP contribution in [-0.4, -0.2) is 54.2 Å². The molecule has 9 heteroatoms. The van der Waals surface area contributed by atoms with Gasteiger partial charge in [0.25, 0.3) is 0 Å². The molecule has 2 fully saturated rings. The fourth-order valence-corrected chi connectivity index (χ4v) is 4.37. The Morgan fingerprint density at radius 2 is 2.03 bits per heavy atom. The van der Waals surface area contributed by atoms with Crippen molar-refractivity contribution in [3.63, 3.8) is 0 Å². The lowest BCUT2D eigenvalue weighted by Gasteiger charge is -2.17. The Hall–Kier alpha value is -2.68. The van der Waals surface area contributed by atoms with E-state index in [9.17, 15) is 9.59 Å². The van der Waals surface area contributed by atoms with Crippen LogP contribution in [0.5, 0.6) is 11.5 Å². The molecule has 8 nitrogen and oxygen atoms in total. The Balaban J connectivity index is 1.31. The summed E-state index contributed by atoms with van der Waals surface area (Å²) < 4.78 is 10.6. The third-order valence-corrected chi connectivity index (χ3v) is 6.30. The fourth-order valence-electron chi connectivity index (χ4n) is 3.45. The maximum absolute atomic E-state index is 12.5. The van der Waals surface area contributed by atoms with Gasteiger partial charge in [-0.3, -0.25) is 9.59 Å². The number of hydrogen-bond acceptors (Lipinski definition) is 7. The van der Waals surface area contributed by atoms with E-state index in [0.29, 0.717) is 42.1 Å². The molecule has 1 aliphatic heterocycles. The molecule has 1 aliphatic carbocycles. The van der Waals surface area contributed by atoms with Gasteiger partial charge in [-0.05, 0) is 37.0 Å². The highest BCUT2D eigenvalue weighted by Crippen LogP contribution is 2.42. The number of hydrogen-bond donors (Lipinski definition) is 1. The van der Waals surface area contributed by atoms with Crippen molar-refractivity contribution in [2.24, 2.45) is 5.92 Å². The van der Waals surface area contributed by atoms with Crippen molar-refractivity contribution in [1.29, 1.82) is 0 Å². The standard InChI is InChI=1S/C20H24N4O4S/c1-27-15-6-3-12(9-16(15)28-2)7-8-24-11-14(10-17(24)25)18(26)21-20-23-22-19(29-20)13-4-5-13/h3,6,9,13-14H,4-5,7-8,10-11H2,1-2H3,(H,21,23,26)/t14-/m1/s1. The maximum atomic E-state index is 12.5. The van der Waals surface area contributed by atoms with Crippen LogP contribution in [-0.2, 0) is 16.0 Å². The molecule has 1 aromatic carbocycles. The van der Waals surface area contributed by atoms with E-state index < -0.39 is 0 Å². The number of carbonyl (C=O) groups is 2. The van der Waals surface area contributed by atoms with E-state index in [2.05, 4.69) is 15.5 Å². The number of ether oxygens (including phenoxy) is 2. The maximum Gasteiger partial charge on any atom is 0.231 e. The topological polar surface area (TPSA) is 93.6 Å². The lowest BCUT2D eigenvalue weighted by Crippen LogP contribution is -2.30. The predicted molar refractivity (Wildman–Crippen MR) is 108 cm³/mol. The number of anilines is 1. The number of benzene rings is 1. The second-order valence-corrected chi connectivity index (χ2v) is 8.40. The molecule has 2 aliphatic rings. The van der Waals surface area contributed by atoms with Crippen molar-refractivity contribution in [1.82, 2.24) is 15.1 Å². The summed E-state index contributed by atoms with van der Waals surface area (Å²) in [6.07, 6.45) is 3.21. The van der Waals surface area contributed by atoms with E-state index in [0.717, 1.165) is 23.4 Å². The average molecular weight is 417 g/mol. The zero-order valence-corrected chi connectivity index (χ0v) is 17.3. The van der Waals surface area contributed by atoms with Crippen molar-refractivity contribution < 1.29 is 19.1 Å². The second-order valence-electron chi connectivity index (χ2n) is 7.39. The molecule has 0 bridgehead atoms. The second kappa shape index (κ2) is 8.36. The van der Waals surface area contributed by atoms with Crippen molar-refractivity contribution in [2.75, 3.05) is 32.6 Å². The Labute approximate surface area is 173 Å². The molecule has 29 heavy (non-hydrogen) atoms. The molecule has 0 radical (unpaired) electrons. The van der Waals surface area contributed by atoms with Gasteiger partial charge >= 0.3 is 0 Å². The average Bonchev–Trinajstić information content (AvgIpc) is 3.37. The van der Waals surface area contributed by atoms with Gasteiger partial charge in [0.1, 0.15) is 5.01 Å². The smallest absolute Gasteiger partial charge is 0.231 e. The van der Waals surface area contributed by atoms with E-state index in [1.807, 2.05) is 18.2 Å². The van der Waals surface area contributed by atoms with Crippen LogP contribution in [0, 0.1) is 5.92 Å². The van der Waals surface area contributed by atoms with Gasteiger partial charge < -0.3 is 19.7 Å². The summed E-state index contributed by atoms with van der Waals surface area (Å²) in [6.45, 7) is 0.981. The molecule has 2 heterocycles. The largest absolute Gasteiger partial charge is 0.493 e. The van der Waals surface area contributed by atoms with Crippen LogP contribution in [0.15, 0.2) is 18.2 Å². The molecule has 1 N–H and O–H groups in total. The van der Waals surface area contributed by atoms with Crippen LogP contribution in [0.1, 0.15) is 35.8 Å². The molecule has 1 saturated heterocycles. The van der Waals surface area contributed by atoms with Crippen molar-refractivity contribution in [3.05, 3.63) is 28.8 Å². The lowest BCUT2D eigenvalue weighted by molar-refractivity contribution is -0.128. The molecule has 2 aromatic rings. The van der Waals surface area contributed by atoms with Crippen molar-refractivity contribution in [3.8, 4) is 11.5 Å². The number of methoxy groups -OCH3 is 2. The first-order valence-electron chi connectivity index (χ1n) is 9.70. The molecule has 154 valence electrons. The quantitative estimate of drug-likeness (QED) is 0.711. The number of amides is 2. The molecule has 1 saturated carbocycles. The van der Waals surface area contributed by atoms with Gasteiger partial charge in [0.15, 0.2) is 11.5 Å². The number of nitrogens with one attached hydrogen (secondary N) is 1. The van der Waals surface area contributed by atoms with E-state index in [1.54, 1.807) is 19.1 Å². The van der Waals surface area contributed by atoms with E-state index in [1.165, 1.54) is 11.3 Å². The van der Waals surface area contributed by atoms with Gasteiger partial charge in [-0.1, -0.05) is 17.4 Å². The summed E-state index contributed by atoms with van der Waals surface area (Å²) in [4.78, 5) is 26.7. The lowest BCUT2D eigenvalue weighted by atomic mass is 10.1. The van der Waals surface area contributed by atoms with E-state index in [4.69, 9.17) is 9.47 Å². The Kier molecular flexibility index (Phi) is 5.66. The number of aromatic nitrogens is 2. The van der Waals surface area contributed by atoms with Crippen molar-refractivity contribution in [2.45, 2.75) is 31.6 Å². The first-order chi connectivity index (χ1) is 14.1. The zero-order chi connectivity index (χ0) is 20.4. The summed E-state index contributed by atoms with van der Waals surface area (Å²) in [6, 6.07) is 5.73. The van der Waals surface area contributed by atoms with Gasteiger partial charge in [0.2, 0.25) is 16.9 Å². The fraction of sp³-hybridized carbons (Fsp3) is 0.500. The van der Waals surface area contributed by atoms with E-state index >= 15 is 0 Å². The minimum absolute atomic E-state index is 0.00144. The highest BCUT2D eigenvalue weighted by molar-refractivity contribution is 7.15. The molecule has 0 unspecified atom stereocenters. The van der Waals surface area contributed by atoms with Crippen molar-refractivity contribution >= 4 is 28.3 Å². The summed E-state index contributed by atoms with van der Waals surface area (Å²) in [5, 5.41) is 12.5.